The summed E-state index contributed by atoms with van der Waals surface area (Å²) in [5.74, 6) is 1.25. The van der Waals surface area contributed by atoms with E-state index in [1.54, 1.807) is 5.57 Å². The summed E-state index contributed by atoms with van der Waals surface area (Å²) in [5.41, 5.74) is 1.92. The van der Waals surface area contributed by atoms with Gasteiger partial charge in [0.15, 0.2) is 0 Å². The second-order valence-corrected chi connectivity index (χ2v) is 5.41. The van der Waals surface area contributed by atoms with Crippen LogP contribution in [0.3, 0.4) is 0 Å². The molecular weight excluding hydrogens is 172 g/mol. The number of hydrogen-bond donors (Lipinski definition) is 1. The molecule has 1 nitrogen and oxygen atoms in total. The molecule has 0 spiro atoms. The van der Waals surface area contributed by atoms with Gasteiger partial charge in [0.25, 0.3) is 0 Å². The summed E-state index contributed by atoms with van der Waals surface area (Å²) in [6.07, 6.45) is 6.03. The molecule has 82 valence electrons. The van der Waals surface area contributed by atoms with E-state index in [9.17, 15) is 0 Å². The molecule has 1 aliphatic carbocycles. The van der Waals surface area contributed by atoms with E-state index in [4.69, 9.17) is 5.11 Å². The number of aliphatic hydroxyl groups excluding tert-OH is 1. The van der Waals surface area contributed by atoms with Crippen molar-refractivity contribution < 1.29 is 5.11 Å². The lowest BCUT2D eigenvalue weighted by atomic mass is 9.75. The Balaban J connectivity index is 2.41. The van der Waals surface area contributed by atoms with Gasteiger partial charge in [-0.3, -0.25) is 0 Å². The Morgan fingerprint density at radius 1 is 1.57 bits per heavy atom. The molecule has 0 saturated carbocycles. The molecule has 1 N–H and O–H groups in total. The van der Waals surface area contributed by atoms with Crippen LogP contribution in [-0.4, -0.2) is 11.7 Å². The molecule has 0 fully saturated rings. The van der Waals surface area contributed by atoms with Crippen molar-refractivity contribution in [2.24, 2.45) is 17.3 Å². The molecule has 0 aromatic heterocycles. The Morgan fingerprint density at radius 2 is 2.21 bits per heavy atom. The van der Waals surface area contributed by atoms with Crippen LogP contribution in [-0.2, 0) is 0 Å². The molecule has 1 rings (SSSR count). The highest BCUT2D eigenvalue weighted by atomic mass is 16.3. The Labute approximate surface area is 88.2 Å². The van der Waals surface area contributed by atoms with Gasteiger partial charge in [-0.05, 0) is 43.4 Å². The van der Waals surface area contributed by atoms with Crippen LogP contribution in [0.2, 0.25) is 0 Å². The Hall–Kier alpha value is -0.300. The summed E-state index contributed by atoms with van der Waals surface area (Å²) in [5, 5.41) is 8.98. The molecule has 2 atom stereocenters. The Morgan fingerprint density at radius 3 is 2.64 bits per heavy atom. The Bertz CT molecular complexity index is 215. The van der Waals surface area contributed by atoms with Gasteiger partial charge in [0.05, 0.1) is 0 Å². The average Bonchev–Trinajstić information content (AvgIpc) is 2.39. The fraction of sp³-hybridized carbons (Fsp3) is 0.846. The van der Waals surface area contributed by atoms with Crippen molar-refractivity contribution in [3.63, 3.8) is 0 Å². The summed E-state index contributed by atoms with van der Waals surface area (Å²) in [4.78, 5) is 0. The predicted octanol–water partition coefficient (Wildman–Crippen LogP) is 3.39. The first kappa shape index (κ1) is 11.8. The van der Waals surface area contributed by atoms with Crippen LogP contribution >= 0.6 is 0 Å². The van der Waals surface area contributed by atoms with Gasteiger partial charge in [-0.2, -0.15) is 0 Å². The van der Waals surface area contributed by atoms with Crippen LogP contribution in [0, 0.1) is 17.3 Å². The normalized spacial score (nSPS) is 27.5. The summed E-state index contributed by atoms with van der Waals surface area (Å²) < 4.78 is 0. The van der Waals surface area contributed by atoms with Crippen molar-refractivity contribution >= 4 is 0 Å². The first-order valence-electron chi connectivity index (χ1n) is 5.76. The second kappa shape index (κ2) is 4.48. The molecule has 0 bridgehead atoms. The summed E-state index contributed by atoms with van der Waals surface area (Å²) in [7, 11) is 0. The van der Waals surface area contributed by atoms with E-state index >= 15 is 0 Å². The van der Waals surface area contributed by atoms with Gasteiger partial charge in [-0.25, -0.2) is 0 Å². The highest BCUT2D eigenvalue weighted by Crippen LogP contribution is 2.45. The maximum absolute atomic E-state index is 8.98. The third kappa shape index (κ3) is 2.38. The topological polar surface area (TPSA) is 20.2 Å². The van der Waals surface area contributed by atoms with Crippen molar-refractivity contribution in [3.05, 3.63) is 11.6 Å². The van der Waals surface area contributed by atoms with Gasteiger partial charge < -0.3 is 5.11 Å². The van der Waals surface area contributed by atoms with Crippen LogP contribution in [0.15, 0.2) is 11.6 Å². The number of hydrogen-bond acceptors (Lipinski definition) is 1. The van der Waals surface area contributed by atoms with Gasteiger partial charge in [-0.15, -0.1) is 0 Å². The van der Waals surface area contributed by atoms with E-state index in [-0.39, 0.29) is 0 Å². The van der Waals surface area contributed by atoms with Crippen molar-refractivity contribution in [2.75, 3.05) is 6.61 Å². The number of allylic oxidation sites excluding steroid dienone is 2. The van der Waals surface area contributed by atoms with E-state index in [2.05, 4.69) is 33.8 Å². The highest BCUT2D eigenvalue weighted by Gasteiger charge is 2.34. The van der Waals surface area contributed by atoms with Crippen LogP contribution in [0.5, 0.6) is 0 Å². The van der Waals surface area contributed by atoms with E-state index < -0.39 is 0 Å². The fourth-order valence-corrected chi connectivity index (χ4v) is 2.25. The Kier molecular flexibility index (Phi) is 3.77. The maximum Gasteiger partial charge on any atom is 0.0456 e. The smallest absolute Gasteiger partial charge is 0.0456 e. The first-order chi connectivity index (χ1) is 6.48. The minimum absolute atomic E-state index is 0.333. The third-order valence-corrected chi connectivity index (χ3v) is 4.07. The molecular formula is C13H24O. The minimum atomic E-state index is 0.333. The van der Waals surface area contributed by atoms with Crippen LogP contribution in [0.4, 0.5) is 0 Å². The molecule has 0 saturated heterocycles. The van der Waals surface area contributed by atoms with Gasteiger partial charge >= 0.3 is 0 Å². The molecule has 14 heavy (non-hydrogen) atoms. The summed E-state index contributed by atoms with van der Waals surface area (Å²) in [6, 6.07) is 0. The van der Waals surface area contributed by atoms with Gasteiger partial charge in [-0.1, -0.05) is 32.4 Å². The molecule has 0 radical (unpaired) electrons. The molecule has 0 aliphatic heterocycles. The van der Waals surface area contributed by atoms with E-state index in [0.29, 0.717) is 17.9 Å². The van der Waals surface area contributed by atoms with Crippen molar-refractivity contribution in [3.8, 4) is 0 Å². The molecule has 0 heterocycles. The first-order valence-corrected chi connectivity index (χ1v) is 5.76. The zero-order valence-corrected chi connectivity index (χ0v) is 10.0. The van der Waals surface area contributed by atoms with Gasteiger partial charge in [0, 0.05) is 6.61 Å². The van der Waals surface area contributed by atoms with E-state index in [0.717, 1.165) is 12.3 Å². The molecule has 0 amide bonds. The average molecular weight is 196 g/mol. The van der Waals surface area contributed by atoms with Crippen LogP contribution < -0.4 is 0 Å². The van der Waals surface area contributed by atoms with Gasteiger partial charge in [0.1, 0.15) is 0 Å². The quantitative estimate of drug-likeness (QED) is 0.683. The monoisotopic (exact) mass is 196 g/mol. The summed E-state index contributed by atoms with van der Waals surface area (Å²) in [6.45, 7) is 9.40. The van der Waals surface area contributed by atoms with Gasteiger partial charge in [0.2, 0.25) is 0 Å². The predicted molar refractivity (Wildman–Crippen MR) is 61.1 cm³/mol. The molecule has 1 aliphatic rings. The molecule has 1 heteroatoms. The summed E-state index contributed by atoms with van der Waals surface area (Å²) >= 11 is 0. The lowest BCUT2D eigenvalue weighted by molar-refractivity contribution is 0.202. The van der Waals surface area contributed by atoms with Crippen LogP contribution in [0.25, 0.3) is 0 Å². The van der Waals surface area contributed by atoms with Crippen molar-refractivity contribution in [2.45, 2.75) is 47.0 Å². The SMILES string of the molecule is CC1=CC[C@H](CC[C@H](C)CO)C1(C)C. The number of rotatable bonds is 4. The zero-order valence-electron chi connectivity index (χ0n) is 10.0. The molecule has 0 aromatic rings. The second-order valence-electron chi connectivity index (χ2n) is 5.41. The van der Waals surface area contributed by atoms with Crippen LogP contribution in [0.1, 0.15) is 47.0 Å². The maximum atomic E-state index is 8.98. The van der Waals surface area contributed by atoms with E-state index in [1.807, 2.05) is 0 Å². The third-order valence-electron chi connectivity index (χ3n) is 4.07. The number of aliphatic hydroxyl groups is 1. The molecule has 0 unspecified atom stereocenters. The largest absolute Gasteiger partial charge is 0.396 e. The lowest BCUT2D eigenvalue weighted by Crippen LogP contribution is -2.21. The molecule has 0 aromatic carbocycles. The zero-order chi connectivity index (χ0) is 10.8. The minimum Gasteiger partial charge on any atom is -0.396 e. The van der Waals surface area contributed by atoms with E-state index in [1.165, 1.54) is 12.8 Å². The highest BCUT2D eigenvalue weighted by molar-refractivity contribution is 5.18. The van der Waals surface area contributed by atoms with Crippen molar-refractivity contribution in [1.29, 1.82) is 0 Å². The fourth-order valence-electron chi connectivity index (χ4n) is 2.25. The van der Waals surface area contributed by atoms with Crippen molar-refractivity contribution in [1.82, 2.24) is 0 Å². The lowest BCUT2D eigenvalue weighted by Gasteiger charge is -2.30. The standard InChI is InChI=1S/C13H24O/c1-10(9-14)5-7-12-8-6-11(2)13(12,3)4/h6,10,12,14H,5,7-9H2,1-4H3/t10-,12-/m0/s1.